The third kappa shape index (κ3) is 4.00. The minimum absolute atomic E-state index is 0.907. The first-order chi connectivity index (χ1) is 18.8. The largest absolute Gasteiger partial charge is 0.256 e. The molecule has 0 aliphatic rings. The molecule has 3 aromatic heterocycles. The van der Waals surface area contributed by atoms with Gasteiger partial charge < -0.3 is 0 Å². The van der Waals surface area contributed by atoms with E-state index in [0.717, 1.165) is 55.4 Å². The summed E-state index contributed by atoms with van der Waals surface area (Å²) in [6.07, 6.45) is 3.80. The Hall–Kier alpha value is -5.15. The van der Waals surface area contributed by atoms with Crippen LogP contribution in [-0.4, -0.2) is 15.0 Å². The molecule has 3 heteroatoms. The molecule has 0 saturated carbocycles. The van der Waals surface area contributed by atoms with E-state index in [9.17, 15) is 0 Å². The van der Waals surface area contributed by atoms with Crippen LogP contribution in [0.4, 0.5) is 0 Å². The smallest absolute Gasteiger partial charge is 0.0795 e. The van der Waals surface area contributed by atoms with Gasteiger partial charge in [0.25, 0.3) is 0 Å². The van der Waals surface area contributed by atoms with Crippen molar-refractivity contribution in [2.75, 3.05) is 0 Å². The molecule has 7 rings (SSSR count). The molecule has 0 bridgehead atoms. The summed E-state index contributed by atoms with van der Waals surface area (Å²) in [5.41, 5.74) is 10.4. The summed E-state index contributed by atoms with van der Waals surface area (Å²) < 4.78 is 0. The Morgan fingerprint density at radius 1 is 0.447 bits per heavy atom. The summed E-state index contributed by atoms with van der Waals surface area (Å²) in [5.74, 6) is 0. The van der Waals surface area contributed by atoms with E-state index < -0.39 is 0 Å². The lowest BCUT2D eigenvalue weighted by Gasteiger charge is -2.13. The summed E-state index contributed by atoms with van der Waals surface area (Å²) in [5, 5.41) is 2.21. The van der Waals surface area contributed by atoms with Gasteiger partial charge in [0, 0.05) is 39.9 Å². The standard InChI is InChI=1S/C35H23N3/c1-3-9-24(10-4-1)27-16-19-33-31(21-27)30(22-34(38-33)25-11-5-2-6-12-25)28-17-18-32(37-23-28)29-15-7-13-26-14-8-20-36-35(26)29/h1-23H. The van der Waals surface area contributed by atoms with Crippen LogP contribution >= 0.6 is 0 Å². The topological polar surface area (TPSA) is 38.7 Å². The average molecular weight is 486 g/mol. The first-order valence-corrected chi connectivity index (χ1v) is 12.7. The number of benzene rings is 4. The molecule has 3 heterocycles. The second-order valence-corrected chi connectivity index (χ2v) is 9.33. The van der Waals surface area contributed by atoms with Gasteiger partial charge in [-0.2, -0.15) is 0 Å². The third-order valence-electron chi connectivity index (χ3n) is 6.97. The van der Waals surface area contributed by atoms with Crippen molar-refractivity contribution in [3.63, 3.8) is 0 Å². The lowest BCUT2D eigenvalue weighted by atomic mass is 9.95. The molecule has 0 atom stereocenters. The number of para-hydroxylation sites is 1. The molecule has 4 aromatic carbocycles. The fourth-order valence-corrected chi connectivity index (χ4v) is 5.05. The van der Waals surface area contributed by atoms with E-state index >= 15 is 0 Å². The maximum atomic E-state index is 5.04. The van der Waals surface area contributed by atoms with Gasteiger partial charge in [-0.1, -0.05) is 97.1 Å². The molecule has 0 aliphatic carbocycles. The number of pyridine rings is 3. The van der Waals surface area contributed by atoms with E-state index in [1.807, 2.05) is 42.7 Å². The highest BCUT2D eigenvalue weighted by Gasteiger charge is 2.13. The number of aromatic nitrogens is 3. The average Bonchev–Trinajstić information content (AvgIpc) is 3.01. The van der Waals surface area contributed by atoms with Gasteiger partial charge in [0.15, 0.2) is 0 Å². The maximum Gasteiger partial charge on any atom is 0.0795 e. The Balaban J connectivity index is 1.40. The van der Waals surface area contributed by atoms with Gasteiger partial charge in [-0.15, -0.1) is 0 Å². The summed E-state index contributed by atoms with van der Waals surface area (Å²) in [7, 11) is 0. The summed E-state index contributed by atoms with van der Waals surface area (Å²) in [6, 6.07) is 44.0. The molecule has 0 unspecified atom stereocenters. The van der Waals surface area contributed by atoms with Gasteiger partial charge in [-0.3, -0.25) is 9.97 Å². The molecule has 0 amide bonds. The molecule has 0 spiro atoms. The van der Waals surface area contributed by atoms with Crippen LogP contribution in [0.2, 0.25) is 0 Å². The van der Waals surface area contributed by atoms with Gasteiger partial charge in [0.05, 0.1) is 22.4 Å². The summed E-state index contributed by atoms with van der Waals surface area (Å²) >= 11 is 0. The number of hydrogen-bond acceptors (Lipinski definition) is 3. The zero-order valence-electron chi connectivity index (χ0n) is 20.6. The van der Waals surface area contributed by atoms with E-state index in [2.05, 4.69) is 102 Å². The Labute approximate surface area is 221 Å². The van der Waals surface area contributed by atoms with Gasteiger partial charge in [0.1, 0.15) is 0 Å². The normalized spacial score (nSPS) is 11.2. The van der Waals surface area contributed by atoms with Crippen LogP contribution in [-0.2, 0) is 0 Å². The van der Waals surface area contributed by atoms with Gasteiger partial charge in [-0.05, 0) is 47.0 Å². The van der Waals surface area contributed by atoms with Crippen molar-refractivity contribution in [3.8, 4) is 44.8 Å². The van der Waals surface area contributed by atoms with Crippen LogP contribution < -0.4 is 0 Å². The highest BCUT2D eigenvalue weighted by molar-refractivity contribution is 5.99. The van der Waals surface area contributed by atoms with E-state index in [1.165, 1.54) is 11.1 Å². The number of rotatable bonds is 4. The molecule has 0 radical (unpaired) electrons. The molecule has 178 valence electrons. The van der Waals surface area contributed by atoms with Crippen molar-refractivity contribution < 1.29 is 0 Å². The fourth-order valence-electron chi connectivity index (χ4n) is 5.05. The quantitative estimate of drug-likeness (QED) is 0.250. The maximum absolute atomic E-state index is 5.04. The predicted octanol–water partition coefficient (Wildman–Crippen LogP) is 8.85. The Bertz CT molecular complexity index is 1890. The lowest BCUT2D eigenvalue weighted by molar-refractivity contribution is 1.32. The van der Waals surface area contributed by atoms with Crippen molar-refractivity contribution in [1.29, 1.82) is 0 Å². The van der Waals surface area contributed by atoms with Gasteiger partial charge in [-0.25, -0.2) is 4.98 Å². The molecule has 7 aromatic rings. The molecule has 38 heavy (non-hydrogen) atoms. The first kappa shape index (κ1) is 22.1. The third-order valence-corrected chi connectivity index (χ3v) is 6.97. The lowest BCUT2D eigenvalue weighted by Crippen LogP contribution is -1.92. The minimum Gasteiger partial charge on any atom is -0.256 e. The summed E-state index contributed by atoms with van der Waals surface area (Å²) in [6.45, 7) is 0. The second kappa shape index (κ2) is 9.38. The van der Waals surface area contributed by atoms with Crippen molar-refractivity contribution in [2.24, 2.45) is 0 Å². The van der Waals surface area contributed by atoms with Crippen LogP contribution in [0.25, 0.3) is 66.6 Å². The summed E-state index contributed by atoms with van der Waals surface area (Å²) in [4.78, 5) is 14.6. The van der Waals surface area contributed by atoms with Crippen molar-refractivity contribution >= 4 is 21.8 Å². The van der Waals surface area contributed by atoms with Crippen LogP contribution in [0.1, 0.15) is 0 Å². The van der Waals surface area contributed by atoms with Crippen LogP contribution in [0.15, 0.2) is 140 Å². The minimum atomic E-state index is 0.907. The fraction of sp³-hybridized carbons (Fsp3) is 0. The van der Waals surface area contributed by atoms with Crippen molar-refractivity contribution in [2.45, 2.75) is 0 Å². The van der Waals surface area contributed by atoms with Gasteiger partial charge in [0.2, 0.25) is 0 Å². The van der Waals surface area contributed by atoms with E-state index in [-0.39, 0.29) is 0 Å². The zero-order chi connectivity index (χ0) is 25.3. The molecule has 0 aliphatic heterocycles. The first-order valence-electron chi connectivity index (χ1n) is 12.7. The number of hydrogen-bond donors (Lipinski definition) is 0. The molecule has 0 N–H and O–H groups in total. The van der Waals surface area contributed by atoms with Crippen LogP contribution in [0.5, 0.6) is 0 Å². The van der Waals surface area contributed by atoms with Crippen molar-refractivity contribution in [1.82, 2.24) is 15.0 Å². The Morgan fingerprint density at radius 3 is 2.00 bits per heavy atom. The number of nitrogens with zero attached hydrogens (tertiary/aromatic N) is 3. The van der Waals surface area contributed by atoms with Gasteiger partial charge >= 0.3 is 0 Å². The molecular formula is C35H23N3. The van der Waals surface area contributed by atoms with E-state index in [1.54, 1.807) is 0 Å². The zero-order valence-corrected chi connectivity index (χ0v) is 20.6. The Morgan fingerprint density at radius 2 is 1.21 bits per heavy atom. The monoisotopic (exact) mass is 485 g/mol. The van der Waals surface area contributed by atoms with Crippen LogP contribution in [0, 0.1) is 0 Å². The predicted molar refractivity (Wildman–Crippen MR) is 157 cm³/mol. The molecular weight excluding hydrogens is 462 g/mol. The highest BCUT2D eigenvalue weighted by Crippen LogP contribution is 2.35. The molecule has 3 nitrogen and oxygen atoms in total. The highest BCUT2D eigenvalue weighted by atomic mass is 14.7. The van der Waals surface area contributed by atoms with Crippen LogP contribution in [0.3, 0.4) is 0 Å². The number of fused-ring (bicyclic) bond motifs is 2. The van der Waals surface area contributed by atoms with E-state index in [4.69, 9.17) is 9.97 Å². The molecule has 0 fully saturated rings. The van der Waals surface area contributed by atoms with E-state index in [0.29, 0.717) is 0 Å². The second-order valence-electron chi connectivity index (χ2n) is 9.33. The Kier molecular flexibility index (Phi) is 5.45. The molecule has 0 saturated heterocycles. The van der Waals surface area contributed by atoms with Crippen molar-refractivity contribution in [3.05, 3.63) is 140 Å². The SMILES string of the molecule is c1ccc(-c2ccc3nc(-c4ccccc4)cc(-c4ccc(-c5cccc6cccnc56)nc4)c3c2)cc1.